The molecule has 0 aromatic heterocycles. The van der Waals surface area contributed by atoms with Crippen molar-refractivity contribution in [2.75, 3.05) is 6.54 Å². The first-order chi connectivity index (χ1) is 8.25. The fraction of sp³-hybridized carbons (Fsp3) is 0.533. The number of likely N-dealkylation sites (tertiary alicyclic amines) is 1. The van der Waals surface area contributed by atoms with Crippen LogP contribution in [0.1, 0.15) is 37.8 Å². The van der Waals surface area contributed by atoms with Gasteiger partial charge in [0.05, 0.1) is 6.07 Å². The number of hydrogen-bond donors (Lipinski definition) is 0. The minimum atomic E-state index is -0.167. The second-order valence-electron chi connectivity index (χ2n) is 5.49. The first kappa shape index (κ1) is 10.8. The van der Waals surface area contributed by atoms with Gasteiger partial charge in [0.2, 0.25) is 0 Å². The van der Waals surface area contributed by atoms with Crippen molar-refractivity contribution in [3.63, 3.8) is 0 Å². The zero-order chi connectivity index (χ0) is 11.9. The van der Waals surface area contributed by atoms with Crippen molar-refractivity contribution in [2.24, 2.45) is 5.92 Å². The quantitative estimate of drug-likeness (QED) is 0.774. The van der Waals surface area contributed by atoms with Crippen molar-refractivity contribution in [1.29, 1.82) is 5.26 Å². The molecule has 88 valence electrons. The van der Waals surface area contributed by atoms with E-state index in [9.17, 15) is 5.26 Å². The van der Waals surface area contributed by atoms with Crippen molar-refractivity contribution in [3.05, 3.63) is 35.9 Å². The predicted octanol–water partition coefficient (Wildman–Crippen LogP) is 3.13. The minimum absolute atomic E-state index is 0.167. The highest BCUT2D eigenvalue weighted by Gasteiger charge is 2.52. The molecule has 1 saturated carbocycles. The second kappa shape index (κ2) is 3.85. The van der Waals surface area contributed by atoms with E-state index in [1.54, 1.807) is 0 Å². The Morgan fingerprint density at radius 3 is 2.82 bits per heavy atom. The van der Waals surface area contributed by atoms with Crippen molar-refractivity contribution >= 4 is 0 Å². The van der Waals surface area contributed by atoms with Crippen LogP contribution in [0.5, 0.6) is 0 Å². The molecule has 0 N–H and O–H groups in total. The van der Waals surface area contributed by atoms with E-state index in [1.165, 1.54) is 12.0 Å². The number of piperidine rings is 1. The summed E-state index contributed by atoms with van der Waals surface area (Å²) in [7, 11) is 0. The summed E-state index contributed by atoms with van der Waals surface area (Å²) in [6.45, 7) is 3.33. The SMILES string of the molecule is C[C@@H](c1ccccc1)N1C[C@H]2CC[C@]1(C#N)C2. The van der Waals surface area contributed by atoms with Gasteiger partial charge in [-0.2, -0.15) is 5.26 Å². The normalized spacial score (nSPS) is 33.5. The molecule has 2 heteroatoms. The van der Waals surface area contributed by atoms with Gasteiger partial charge >= 0.3 is 0 Å². The summed E-state index contributed by atoms with van der Waals surface area (Å²) >= 11 is 0. The summed E-state index contributed by atoms with van der Waals surface area (Å²) in [6, 6.07) is 13.5. The maximum Gasteiger partial charge on any atom is 0.110 e. The fourth-order valence-electron chi connectivity index (χ4n) is 3.60. The summed E-state index contributed by atoms with van der Waals surface area (Å²) in [5.41, 5.74) is 1.16. The van der Waals surface area contributed by atoms with Crippen LogP contribution in [0.25, 0.3) is 0 Å². The number of fused-ring (bicyclic) bond motifs is 2. The Hall–Kier alpha value is -1.33. The third-order valence-electron chi connectivity index (χ3n) is 4.55. The number of nitrogens with zero attached hydrogens (tertiary/aromatic N) is 2. The summed E-state index contributed by atoms with van der Waals surface area (Å²) in [6.07, 6.45) is 3.39. The van der Waals surface area contributed by atoms with Crippen LogP contribution in [0.15, 0.2) is 30.3 Å². The molecule has 1 aromatic rings. The van der Waals surface area contributed by atoms with Gasteiger partial charge in [0, 0.05) is 12.6 Å². The van der Waals surface area contributed by atoms with E-state index in [-0.39, 0.29) is 5.54 Å². The van der Waals surface area contributed by atoms with Crippen molar-refractivity contribution < 1.29 is 0 Å². The van der Waals surface area contributed by atoms with E-state index in [4.69, 9.17) is 0 Å². The molecular weight excluding hydrogens is 208 g/mol. The van der Waals surface area contributed by atoms with E-state index >= 15 is 0 Å². The maximum atomic E-state index is 9.52. The topological polar surface area (TPSA) is 27.0 Å². The van der Waals surface area contributed by atoms with E-state index in [0.29, 0.717) is 6.04 Å². The van der Waals surface area contributed by atoms with Crippen LogP contribution < -0.4 is 0 Å². The average Bonchev–Trinajstić information content (AvgIpc) is 2.97. The standard InChI is InChI=1S/C15H18N2/c1-12(14-5-3-2-4-6-14)17-10-13-7-8-15(17,9-13)11-16/h2-6,12-13H,7-10H2,1H3/t12-,13-,15+/m0/s1. The minimum Gasteiger partial charge on any atom is -0.278 e. The molecule has 2 fully saturated rings. The molecule has 2 aliphatic rings. The van der Waals surface area contributed by atoms with E-state index in [2.05, 4.69) is 42.2 Å². The molecule has 17 heavy (non-hydrogen) atoms. The summed E-state index contributed by atoms with van der Waals surface area (Å²) in [5.74, 6) is 0.751. The molecule has 1 aliphatic heterocycles. The van der Waals surface area contributed by atoms with Crippen LogP contribution in [-0.2, 0) is 0 Å². The van der Waals surface area contributed by atoms with Crippen LogP contribution in [0.2, 0.25) is 0 Å². The van der Waals surface area contributed by atoms with Gasteiger partial charge in [0.25, 0.3) is 0 Å². The largest absolute Gasteiger partial charge is 0.278 e. The number of hydrogen-bond acceptors (Lipinski definition) is 2. The van der Waals surface area contributed by atoms with E-state index in [0.717, 1.165) is 25.3 Å². The lowest BCUT2D eigenvalue weighted by molar-refractivity contribution is 0.114. The Labute approximate surface area is 103 Å². The molecule has 3 rings (SSSR count). The summed E-state index contributed by atoms with van der Waals surface area (Å²) in [5, 5.41) is 9.52. The molecule has 1 aromatic carbocycles. The highest BCUT2D eigenvalue weighted by Crippen LogP contribution is 2.49. The molecule has 0 amide bonds. The van der Waals surface area contributed by atoms with E-state index < -0.39 is 0 Å². The van der Waals surface area contributed by atoms with Gasteiger partial charge in [0.15, 0.2) is 0 Å². The molecule has 2 nitrogen and oxygen atoms in total. The predicted molar refractivity (Wildman–Crippen MR) is 67.2 cm³/mol. The molecule has 0 unspecified atom stereocenters. The lowest BCUT2D eigenvalue weighted by Crippen LogP contribution is -2.44. The van der Waals surface area contributed by atoms with Crippen LogP contribution in [0.4, 0.5) is 0 Å². The lowest BCUT2D eigenvalue weighted by atomic mass is 9.95. The Bertz CT molecular complexity index is 448. The molecule has 1 saturated heterocycles. The van der Waals surface area contributed by atoms with E-state index in [1.807, 2.05) is 6.07 Å². The van der Waals surface area contributed by atoms with Crippen LogP contribution in [-0.4, -0.2) is 17.0 Å². The van der Waals surface area contributed by atoms with Crippen LogP contribution >= 0.6 is 0 Å². The van der Waals surface area contributed by atoms with Crippen molar-refractivity contribution in [1.82, 2.24) is 4.90 Å². The Morgan fingerprint density at radius 2 is 2.18 bits per heavy atom. The summed E-state index contributed by atoms with van der Waals surface area (Å²) < 4.78 is 0. The zero-order valence-electron chi connectivity index (χ0n) is 10.3. The molecule has 1 heterocycles. The van der Waals surface area contributed by atoms with Gasteiger partial charge in [-0.3, -0.25) is 4.90 Å². The average molecular weight is 226 g/mol. The number of nitriles is 1. The number of benzene rings is 1. The third kappa shape index (κ3) is 1.57. The molecule has 1 aliphatic carbocycles. The van der Waals surface area contributed by atoms with Crippen molar-refractivity contribution in [2.45, 2.75) is 37.8 Å². The third-order valence-corrected chi connectivity index (χ3v) is 4.55. The van der Waals surface area contributed by atoms with Gasteiger partial charge < -0.3 is 0 Å². The molecule has 0 spiro atoms. The highest BCUT2D eigenvalue weighted by atomic mass is 15.3. The van der Waals surface area contributed by atoms with Gasteiger partial charge in [-0.15, -0.1) is 0 Å². The molecule has 2 bridgehead atoms. The van der Waals surface area contributed by atoms with Gasteiger partial charge in [-0.05, 0) is 37.7 Å². The lowest BCUT2D eigenvalue weighted by Gasteiger charge is -2.38. The Balaban J connectivity index is 1.89. The molecule has 0 radical (unpaired) electrons. The smallest absolute Gasteiger partial charge is 0.110 e. The van der Waals surface area contributed by atoms with Gasteiger partial charge in [-0.1, -0.05) is 30.3 Å². The zero-order valence-corrected chi connectivity index (χ0v) is 10.3. The Kier molecular flexibility index (Phi) is 2.45. The Morgan fingerprint density at radius 1 is 1.41 bits per heavy atom. The van der Waals surface area contributed by atoms with Crippen LogP contribution in [0, 0.1) is 17.2 Å². The first-order valence-corrected chi connectivity index (χ1v) is 6.48. The number of rotatable bonds is 2. The van der Waals surface area contributed by atoms with Crippen LogP contribution in [0.3, 0.4) is 0 Å². The second-order valence-corrected chi connectivity index (χ2v) is 5.49. The first-order valence-electron chi connectivity index (χ1n) is 6.48. The molecule has 3 atom stereocenters. The van der Waals surface area contributed by atoms with Gasteiger partial charge in [-0.25, -0.2) is 0 Å². The molecular formula is C15H18N2. The summed E-state index contributed by atoms with van der Waals surface area (Å²) in [4.78, 5) is 2.43. The highest BCUT2D eigenvalue weighted by molar-refractivity contribution is 5.24. The monoisotopic (exact) mass is 226 g/mol. The van der Waals surface area contributed by atoms with Crippen molar-refractivity contribution in [3.8, 4) is 6.07 Å². The fourth-order valence-corrected chi connectivity index (χ4v) is 3.60. The van der Waals surface area contributed by atoms with Gasteiger partial charge in [0.1, 0.15) is 5.54 Å². The maximum absolute atomic E-state index is 9.52.